The number of ether oxygens (including phenoxy) is 1. The van der Waals surface area contributed by atoms with E-state index in [4.69, 9.17) is 4.74 Å². The first-order valence-electron chi connectivity index (χ1n) is 6.40. The molecule has 1 saturated heterocycles. The van der Waals surface area contributed by atoms with Crippen LogP contribution in [0.3, 0.4) is 0 Å². The highest BCUT2D eigenvalue weighted by molar-refractivity contribution is 7.99. The molecule has 1 aromatic carbocycles. The fourth-order valence-corrected chi connectivity index (χ4v) is 3.08. The molecule has 0 amide bonds. The molecule has 1 aliphatic heterocycles. The third-order valence-electron chi connectivity index (χ3n) is 3.05. The zero-order valence-electron chi connectivity index (χ0n) is 10.4. The van der Waals surface area contributed by atoms with Gasteiger partial charge in [-0.3, -0.25) is 5.32 Å². The molecule has 1 unspecified atom stereocenters. The summed E-state index contributed by atoms with van der Waals surface area (Å²) in [5, 5.41) is 3.56. The van der Waals surface area contributed by atoms with Crippen molar-refractivity contribution in [3.05, 3.63) is 35.9 Å². The van der Waals surface area contributed by atoms with Crippen LogP contribution in [0, 0.1) is 0 Å². The minimum absolute atomic E-state index is 0.265. The number of hydrogen-bond acceptors (Lipinski definition) is 3. The van der Waals surface area contributed by atoms with E-state index in [1.807, 2.05) is 11.8 Å². The summed E-state index contributed by atoms with van der Waals surface area (Å²) in [4.78, 5) is 0. The molecule has 1 atom stereocenters. The fourth-order valence-electron chi connectivity index (χ4n) is 2.05. The SMILES string of the molecule is CCCCOC1(c2ccccc2)CSCCN1. The highest BCUT2D eigenvalue weighted by Gasteiger charge is 2.34. The summed E-state index contributed by atoms with van der Waals surface area (Å²) in [6.07, 6.45) is 2.30. The average molecular weight is 251 g/mol. The van der Waals surface area contributed by atoms with E-state index in [0.717, 1.165) is 25.3 Å². The Bertz CT molecular complexity index is 322. The molecule has 1 aromatic rings. The number of thioether (sulfide) groups is 1. The topological polar surface area (TPSA) is 21.3 Å². The van der Waals surface area contributed by atoms with Crippen LogP contribution in [0.1, 0.15) is 25.3 Å². The van der Waals surface area contributed by atoms with Gasteiger partial charge in [-0.25, -0.2) is 0 Å². The number of benzene rings is 1. The molecule has 1 aliphatic rings. The van der Waals surface area contributed by atoms with E-state index in [2.05, 4.69) is 42.6 Å². The normalized spacial score (nSPS) is 24.8. The van der Waals surface area contributed by atoms with E-state index in [1.54, 1.807) is 0 Å². The standard InChI is InChI=1S/C14H21NOS/c1-2-3-10-16-14(12-17-11-9-15-14)13-7-5-4-6-8-13/h4-8,15H,2-3,9-12H2,1H3. The van der Waals surface area contributed by atoms with Gasteiger partial charge in [-0.2, -0.15) is 11.8 Å². The number of nitrogens with one attached hydrogen (secondary N) is 1. The number of unbranched alkanes of at least 4 members (excludes halogenated alkanes) is 1. The fraction of sp³-hybridized carbons (Fsp3) is 0.571. The number of rotatable bonds is 5. The lowest BCUT2D eigenvalue weighted by molar-refractivity contribution is -0.0604. The Morgan fingerprint density at radius 3 is 2.82 bits per heavy atom. The van der Waals surface area contributed by atoms with E-state index < -0.39 is 0 Å². The van der Waals surface area contributed by atoms with Gasteiger partial charge in [0.25, 0.3) is 0 Å². The molecule has 0 spiro atoms. The van der Waals surface area contributed by atoms with Crippen molar-refractivity contribution in [2.45, 2.75) is 25.5 Å². The van der Waals surface area contributed by atoms with Crippen LogP contribution in [0.2, 0.25) is 0 Å². The van der Waals surface area contributed by atoms with Crippen LogP contribution >= 0.6 is 11.8 Å². The third kappa shape index (κ3) is 3.24. The molecule has 1 heterocycles. The van der Waals surface area contributed by atoms with Crippen molar-refractivity contribution in [1.82, 2.24) is 5.32 Å². The van der Waals surface area contributed by atoms with Gasteiger partial charge >= 0.3 is 0 Å². The average Bonchev–Trinajstić information content (AvgIpc) is 2.41. The van der Waals surface area contributed by atoms with Crippen molar-refractivity contribution in [2.24, 2.45) is 0 Å². The molecule has 3 heteroatoms. The lowest BCUT2D eigenvalue weighted by Crippen LogP contribution is -2.51. The van der Waals surface area contributed by atoms with Crippen LogP contribution < -0.4 is 5.32 Å². The maximum absolute atomic E-state index is 6.17. The van der Waals surface area contributed by atoms with E-state index in [1.165, 1.54) is 17.7 Å². The monoisotopic (exact) mass is 251 g/mol. The highest BCUT2D eigenvalue weighted by atomic mass is 32.2. The molecule has 2 rings (SSSR count). The summed E-state index contributed by atoms with van der Waals surface area (Å²) in [5.74, 6) is 2.17. The van der Waals surface area contributed by atoms with E-state index in [9.17, 15) is 0 Å². The van der Waals surface area contributed by atoms with Crippen LogP contribution in [0.5, 0.6) is 0 Å². The summed E-state index contributed by atoms with van der Waals surface area (Å²) in [7, 11) is 0. The van der Waals surface area contributed by atoms with E-state index in [-0.39, 0.29) is 5.72 Å². The van der Waals surface area contributed by atoms with E-state index in [0.29, 0.717) is 0 Å². The zero-order chi connectivity index (χ0) is 12.0. The van der Waals surface area contributed by atoms with Crippen molar-refractivity contribution in [2.75, 3.05) is 24.7 Å². The van der Waals surface area contributed by atoms with Gasteiger partial charge < -0.3 is 4.74 Å². The van der Waals surface area contributed by atoms with E-state index >= 15 is 0 Å². The molecule has 1 N–H and O–H groups in total. The molecule has 0 aromatic heterocycles. The van der Waals surface area contributed by atoms with Crippen LogP contribution in [0.25, 0.3) is 0 Å². The van der Waals surface area contributed by atoms with Crippen LogP contribution in [0.4, 0.5) is 0 Å². The minimum atomic E-state index is -0.265. The molecule has 94 valence electrons. The smallest absolute Gasteiger partial charge is 0.154 e. The molecule has 0 saturated carbocycles. The minimum Gasteiger partial charge on any atom is -0.355 e. The first kappa shape index (κ1) is 12.9. The van der Waals surface area contributed by atoms with Gasteiger partial charge in [0.15, 0.2) is 5.72 Å². The van der Waals surface area contributed by atoms with Crippen molar-refractivity contribution in [3.63, 3.8) is 0 Å². The summed E-state index contributed by atoms with van der Waals surface area (Å²) in [6, 6.07) is 10.5. The molecule has 2 nitrogen and oxygen atoms in total. The largest absolute Gasteiger partial charge is 0.355 e. The van der Waals surface area contributed by atoms with Gasteiger partial charge in [0.1, 0.15) is 0 Å². The molecule has 1 fully saturated rings. The Kier molecular flexibility index (Phi) is 4.89. The van der Waals surface area contributed by atoms with Crippen LogP contribution in [-0.2, 0) is 10.5 Å². The summed E-state index contributed by atoms with van der Waals surface area (Å²) >= 11 is 1.97. The van der Waals surface area contributed by atoms with Crippen molar-refractivity contribution in [3.8, 4) is 0 Å². The van der Waals surface area contributed by atoms with Crippen molar-refractivity contribution in [1.29, 1.82) is 0 Å². The lowest BCUT2D eigenvalue weighted by atomic mass is 10.0. The maximum Gasteiger partial charge on any atom is 0.154 e. The Balaban J connectivity index is 2.11. The quantitative estimate of drug-likeness (QED) is 0.813. The molecular weight excluding hydrogens is 230 g/mol. The Morgan fingerprint density at radius 1 is 1.35 bits per heavy atom. The van der Waals surface area contributed by atoms with Crippen molar-refractivity contribution >= 4 is 11.8 Å². The second-order valence-electron chi connectivity index (χ2n) is 4.37. The summed E-state index contributed by atoms with van der Waals surface area (Å²) < 4.78 is 6.17. The Morgan fingerprint density at radius 2 is 2.18 bits per heavy atom. The zero-order valence-corrected chi connectivity index (χ0v) is 11.3. The second-order valence-corrected chi connectivity index (χ2v) is 5.48. The summed E-state index contributed by atoms with van der Waals surface area (Å²) in [5.41, 5.74) is 0.989. The van der Waals surface area contributed by atoms with Crippen LogP contribution in [0.15, 0.2) is 30.3 Å². The molecule has 0 radical (unpaired) electrons. The maximum atomic E-state index is 6.17. The second kappa shape index (κ2) is 6.43. The predicted molar refractivity (Wildman–Crippen MR) is 74.3 cm³/mol. The Labute approximate surface area is 108 Å². The lowest BCUT2D eigenvalue weighted by Gasteiger charge is -2.38. The van der Waals surface area contributed by atoms with Crippen LogP contribution in [-0.4, -0.2) is 24.7 Å². The predicted octanol–water partition coefficient (Wildman–Crippen LogP) is 2.99. The Hall–Kier alpha value is -0.510. The third-order valence-corrected chi connectivity index (χ3v) is 4.15. The van der Waals surface area contributed by atoms with Gasteiger partial charge in [-0.1, -0.05) is 43.7 Å². The van der Waals surface area contributed by atoms with Gasteiger partial charge in [0.05, 0.1) is 0 Å². The molecule has 0 aliphatic carbocycles. The van der Waals surface area contributed by atoms with Gasteiger partial charge in [0, 0.05) is 24.7 Å². The number of hydrogen-bond donors (Lipinski definition) is 1. The molecule has 0 bridgehead atoms. The summed E-state index contributed by atoms with van der Waals surface area (Å²) in [6.45, 7) is 4.05. The first-order valence-corrected chi connectivity index (χ1v) is 7.55. The first-order chi connectivity index (χ1) is 8.37. The molecule has 17 heavy (non-hydrogen) atoms. The van der Waals surface area contributed by atoms with Gasteiger partial charge in [-0.05, 0) is 12.0 Å². The highest BCUT2D eigenvalue weighted by Crippen LogP contribution is 2.30. The molecular formula is C14H21NOS. The van der Waals surface area contributed by atoms with Gasteiger partial charge in [-0.15, -0.1) is 0 Å². The van der Waals surface area contributed by atoms with Gasteiger partial charge in [0.2, 0.25) is 0 Å². The van der Waals surface area contributed by atoms with Crippen molar-refractivity contribution < 1.29 is 4.74 Å².